The second-order valence-corrected chi connectivity index (χ2v) is 34.5. The van der Waals surface area contributed by atoms with Gasteiger partial charge in [-0.25, -0.2) is 15.0 Å². The molecule has 0 fully saturated rings. The van der Waals surface area contributed by atoms with Crippen LogP contribution in [0.25, 0.3) is 0 Å². The smallest absolute Gasteiger partial charge is 0.191 e. The maximum absolute atomic E-state index is 5.34. The van der Waals surface area contributed by atoms with E-state index in [0.29, 0.717) is 5.41 Å². The standard InChI is InChI=1S/3C9H15N.4C8H13NO.2C8H13NS/c1-7-5-8(6-10-7)9(2,3)4;1-7-8(5-6-10-7)9(2,3)4;1-7-5-6-8(10-7)9(2,3)4;1-6-9-7(5-10-6)8(2,3)4;1-6-9-5-7(10-6)8(2,3)4;1-6-7(5-10-9-6)8(2,3)4;1-6-5-7(10-9-6)8(2,3)4;1-6-9-7(5-10-6)8(2,3)4;1-6-7(5-10-9-6)8(2,3)4/h2*5H,6H2,1-4H3;6H,5H2,1-4H3;6*5H,1-4H3. The lowest BCUT2D eigenvalue weighted by atomic mass is 9.84. The normalized spacial score (nSPS) is 14.3. The Morgan fingerprint density at radius 3 is 1.27 bits per heavy atom. The van der Waals surface area contributed by atoms with Crippen LogP contribution in [0.3, 0.4) is 0 Å². The first-order valence-corrected chi connectivity index (χ1v) is 33.5. The van der Waals surface area contributed by atoms with Gasteiger partial charge in [0.2, 0.25) is 0 Å². The molecule has 0 unspecified atom stereocenters. The van der Waals surface area contributed by atoms with Crippen LogP contribution in [0.5, 0.6) is 0 Å². The van der Waals surface area contributed by atoms with Gasteiger partial charge in [0.15, 0.2) is 11.8 Å². The van der Waals surface area contributed by atoms with Crippen LogP contribution in [0.2, 0.25) is 0 Å². The number of rotatable bonds is 0. The monoisotopic (exact) mass is 1280 g/mol. The number of aliphatic imine (C=N–C) groups is 3. The molecule has 0 spiro atoms. The molecule has 0 amide bonds. The van der Waals surface area contributed by atoms with Crippen LogP contribution in [0.1, 0.15) is 282 Å². The van der Waals surface area contributed by atoms with Crippen LogP contribution in [-0.4, -0.2) is 59.9 Å². The topological polar surface area (TPSA) is 167 Å². The molecule has 0 atom stereocenters. The number of allylic oxidation sites excluding steroid dienone is 4. The number of oxazole rings is 2. The van der Waals surface area contributed by atoms with Crippen molar-refractivity contribution in [2.45, 2.75) is 288 Å². The number of hydrogen-bond acceptors (Lipinski definition) is 15. The quantitative estimate of drug-likeness (QED) is 0.143. The van der Waals surface area contributed by atoms with Gasteiger partial charge in [0.05, 0.1) is 52.8 Å². The average molecular weight is 1280 g/mol. The third-order valence-electron chi connectivity index (χ3n) is 14.0. The van der Waals surface area contributed by atoms with Gasteiger partial charge in [-0.15, -0.1) is 11.3 Å². The molecule has 504 valence electrons. The predicted molar refractivity (Wildman–Crippen MR) is 387 cm³/mol. The second kappa shape index (κ2) is 33.8. The Labute approximate surface area is 555 Å². The van der Waals surface area contributed by atoms with Crippen LogP contribution < -0.4 is 0 Å². The van der Waals surface area contributed by atoms with E-state index < -0.39 is 0 Å². The molecule has 0 saturated carbocycles. The minimum absolute atomic E-state index is 0.0846. The van der Waals surface area contributed by atoms with Crippen molar-refractivity contribution in [1.29, 1.82) is 0 Å². The first-order valence-electron chi connectivity index (χ1n) is 31.8. The summed E-state index contributed by atoms with van der Waals surface area (Å²) >= 11 is 3.26. The van der Waals surface area contributed by atoms with Crippen LogP contribution >= 0.6 is 22.9 Å². The minimum Gasteiger partial charge on any atom is -0.449 e. The lowest BCUT2D eigenvalue weighted by Gasteiger charge is -2.20. The fourth-order valence-electron chi connectivity index (χ4n) is 8.24. The van der Waals surface area contributed by atoms with Crippen molar-refractivity contribution in [2.24, 2.45) is 31.2 Å². The zero-order valence-corrected chi connectivity index (χ0v) is 64.9. The predicted octanol–water partition coefficient (Wildman–Crippen LogP) is 22.3. The number of aromatic nitrogens is 6. The third kappa shape index (κ3) is 31.1. The lowest BCUT2D eigenvalue weighted by Crippen LogP contribution is -2.13. The largest absolute Gasteiger partial charge is 0.449 e. The van der Waals surface area contributed by atoms with Crippen molar-refractivity contribution in [3.05, 3.63) is 139 Å². The second-order valence-electron chi connectivity index (χ2n) is 32.8. The third-order valence-corrected chi connectivity index (χ3v) is 15.4. The average Bonchev–Trinajstić information content (AvgIpc) is 3.99. The molecule has 0 N–H and O–H groups in total. The van der Waals surface area contributed by atoms with Gasteiger partial charge in [-0.05, 0) is 104 Å². The Bertz CT molecular complexity index is 3040. The molecule has 0 aliphatic carbocycles. The molecule has 0 radical (unpaired) electrons. The van der Waals surface area contributed by atoms with E-state index in [2.05, 4.69) is 288 Å². The van der Waals surface area contributed by atoms with Gasteiger partial charge in [-0.2, -0.15) is 4.37 Å². The molecule has 6 aromatic rings. The zero-order valence-electron chi connectivity index (χ0n) is 63.3. The highest BCUT2D eigenvalue weighted by molar-refractivity contribution is 7.09. The van der Waals surface area contributed by atoms with Crippen LogP contribution in [0.15, 0.2) is 103 Å². The van der Waals surface area contributed by atoms with Gasteiger partial charge in [0.25, 0.3) is 0 Å². The van der Waals surface area contributed by atoms with E-state index in [9.17, 15) is 0 Å². The highest BCUT2D eigenvalue weighted by Gasteiger charge is 2.24. The summed E-state index contributed by atoms with van der Waals surface area (Å²) in [6.07, 6.45) is 12.9. The Hall–Kier alpha value is -5.67. The summed E-state index contributed by atoms with van der Waals surface area (Å²) in [5, 5.41) is 13.0. The highest BCUT2D eigenvalue weighted by Crippen LogP contribution is 2.32. The molecule has 6 aromatic heterocycles. The van der Waals surface area contributed by atoms with Gasteiger partial charge in [0.1, 0.15) is 24.0 Å². The summed E-state index contributed by atoms with van der Waals surface area (Å²) in [6, 6.07) is 1.97. The van der Waals surface area contributed by atoms with E-state index in [1.165, 1.54) is 56.5 Å². The van der Waals surface area contributed by atoms with Crippen molar-refractivity contribution < 1.29 is 17.9 Å². The van der Waals surface area contributed by atoms with Crippen molar-refractivity contribution in [3.8, 4) is 0 Å². The van der Waals surface area contributed by atoms with Crippen molar-refractivity contribution >= 4 is 40.0 Å². The SMILES string of the molecule is CC1=NC(C(C)(C)C)=CC1.CC1=NCC(C(C)(C)C)=C1.CC1=NCC=C1C(C)(C)C.Cc1cc(C(C)(C)C)on1.Cc1nc(C(C)(C)C)co1.Cc1nc(C(C)(C)C)cs1.Cc1ncc(C(C)(C)C)o1.Cc1nocc1C(C)(C)C.Cc1nscc1C(C)(C)C. The summed E-state index contributed by atoms with van der Waals surface area (Å²) in [4.78, 5) is 25.7. The number of nitrogens with zero attached hydrogens (tertiary/aromatic N) is 9. The summed E-state index contributed by atoms with van der Waals surface area (Å²) in [7, 11) is 0. The van der Waals surface area contributed by atoms with E-state index in [0.717, 1.165) is 64.9 Å². The maximum atomic E-state index is 5.34. The Morgan fingerprint density at radius 2 is 1.07 bits per heavy atom. The number of aryl methyl sites for hydroxylation is 6. The van der Waals surface area contributed by atoms with Crippen LogP contribution in [0.4, 0.5) is 0 Å². The van der Waals surface area contributed by atoms with E-state index in [1.807, 2.05) is 40.7 Å². The van der Waals surface area contributed by atoms with E-state index >= 15 is 0 Å². The summed E-state index contributed by atoms with van der Waals surface area (Å²) in [6.45, 7) is 78.3. The van der Waals surface area contributed by atoms with Gasteiger partial charge in [0, 0.05) is 92.6 Å². The van der Waals surface area contributed by atoms with Crippen LogP contribution in [0, 0.1) is 57.8 Å². The Morgan fingerprint density at radius 1 is 0.500 bits per heavy atom. The summed E-state index contributed by atoms with van der Waals surface area (Å²) in [5.41, 5.74) is 17.4. The van der Waals surface area contributed by atoms with Crippen molar-refractivity contribution in [2.75, 3.05) is 13.1 Å². The van der Waals surface area contributed by atoms with Crippen molar-refractivity contribution in [1.82, 2.24) is 29.6 Å². The summed E-state index contributed by atoms with van der Waals surface area (Å²) < 4.78 is 24.5. The van der Waals surface area contributed by atoms with E-state index in [-0.39, 0.29) is 43.3 Å². The fourth-order valence-corrected chi connectivity index (χ4v) is 10.0. The molecule has 9 rings (SSSR count). The molecule has 3 aliphatic rings. The molecule has 0 saturated heterocycles. The molecule has 13 nitrogen and oxygen atoms in total. The minimum atomic E-state index is 0.0846. The number of hydrogen-bond donors (Lipinski definition) is 0. The maximum Gasteiger partial charge on any atom is 0.191 e. The number of thiazole rings is 1. The molecule has 15 heteroatoms. The summed E-state index contributed by atoms with van der Waals surface area (Å²) in [5.74, 6) is 3.38. The molecule has 9 heterocycles. The first-order chi connectivity index (χ1) is 40.5. The zero-order chi connectivity index (χ0) is 70.0. The highest BCUT2D eigenvalue weighted by atomic mass is 32.1. The Balaban J connectivity index is 0.000000506. The molecular formula is C75H123N9O4S2. The molecule has 3 aliphatic heterocycles. The van der Waals surface area contributed by atoms with Crippen molar-refractivity contribution in [3.63, 3.8) is 0 Å². The lowest BCUT2D eigenvalue weighted by molar-refractivity contribution is 0.327. The molecule has 0 bridgehead atoms. The molecular weight excluding hydrogens is 1160 g/mol. The van der Waals surface area contributed by atoms with Gasteiger partial charge in [-0.1, -0.05) is 209 Å². The van der Waals surface area contributed by atoms with Gasteiger partial charge < -0.3 is 17.9 Å². The Kier molecular flexibility index (Phi) is 30.9. The van der Waals surface area contributed by atoms with Gasteiger partial charge >= 0.3 is 0 Å². The fraction of sp³-hybridized carbons (Fsp3) is 0.640. The first kappa shape index (κ1) is 82.3. The van der Waals surface area contributed by atoms with Gasteiger partial charge in [-0.3, -0.25) is 15.0 Å². The van der Waals surface area contributed by atoms with Crippen LogP contribution in [-0.2, 0) is 32.5 Å². The molecule has 0 aromatic carbocycles. The molecule has 90 heavy (non-hydrogen) atoms. The van der Waals surface area contributed by atoms with E-state index in [4.69, 9.17) is 17.9 Å². The van der Waals surface area contributed by atoms with E-state index in [1.54, 1.807) is 41.6 Å².